The maximum absolute atomic E-state index is 9.22. The maximum atomic E-state index is 9.22. The Morgan fingerprint density at radius 3 is 2.61 bits per heavy atom. The average molecular weight is 260 g/mol. The number of piperazine rings is 1. The summed E-state index contributed by atoms with van der Waals surface area (Å²) in [7, 11) is 0. The van der Waals surface area contributed by atoms with E-state index in [9.17, 15) is 5.26 Å². The van der Waals surface area contributed by atoms with Gasteiger partial charge in [-0.1, -0.05) is 12.2 Å². The predicted molar refractivity (Wildman–Crippen MR) is 73.4 cm³/mol. The summed E-state index contributed by atoms with van der Waals surface area (Å²) in [5.74, 6) is 1.16. The summed E-state index contributed by atoms with van der Waals surface area (Å²) >= 11 is 5.33. The van der Waals surface area contributed by atoms with Crippen molar-refractivity contribution in [3.8, 4) is 6.07 Å². The molecule has 1 aliphatic heterocycles. The van der Waals surface area contributed by atoms with Gasteiger partial charge in [-0.2, -0.15) is 5.26 Å². The van der Waals surface area contributed by atoms with E-state index in [0.717, 1.165) is 51.3 Å². The van der Waals surface area contributed by atoms with E-state index >= 15 is 0 Å². The third kappa shape index (κ3) is 1.82. The molecule has 3 rings (SSSR count). The molecule has 0 saturated carbocycles. The molecule has 18 heavy (non-hydrogen) atoms. The van der Waals surface area contributed by atoms with Crippen LogP contribution in [0.15, 0.2) is 0 Å². The van der Waals surface area contributed by atoms with Gasteiger partial charge in [-0.15, -0.1) is 0 Å². The molecule has 0 atom stereocenters. The number of hydrogen-bond donors (Lipinski definition) is 2. The van der Waals surface area contributed by atoms with Crippen molar-refractivity contribution in [2.45, 2.75) is 19.3 Å². The van der Waals surface area contributed by atoms with Crippen molar-refractivity contribution in [1.82, 2.24) is 10.3 Å². The zero-order valence-corrected chi connectivity index (χ0v) is 11.1. The van der Waals surface area contributed by atoms with Gasteiger partial charge < -0.3 is 15.2 Å². The molecule has 0 aromatic carbocycles. The molecule has 5 heteroatoms. The van der Waals surface area contributed by atoms with E-state index in [4.69, 9.17) is 12.2 Å². The summed E-state index contributed by atoms with van der Waals surface area (Å²) in [4.78, 5) is 5.65. The van der Waals surface area contributed by atoms with Crippen LogP contribution in [0.1, 0.15) is 23.1 Å². The van der Waals surface area contributed by atoms with Crippen molar-refractivity contribution in [2.24, 2.45) is 0 Å². The molecule has 2 heterocycles. The normalized spacial score (nSPS) is 18.5. The zero-order valence-electron chi connectivity index (χ0n) is 10.3. The summed E-state index contributed by atoms with van der Waals surface area (Å²) in [6, 6.07) is 2.26. The van der Waals surface area contributed by atoms with Crippen LogP contribution in [0.3, 0.4) is 0 Å². The topological polar surface area (TPSA) is 54.9 Å². The molecule has 0 bridgehead atoms. The minimum Gasteiger partial charge on any atom is -0.355 e. The zero-order chi connectivity index (χ0) is 12.5. The summed E-state index contributed by atoms with van der Waals surface area (Å²) in [6.45, 7) is 4.03. The number of fused-ring (bicyclic) bond motifs is 1. The molecule has 1 aromatic rings. The average Bonchev–Trinajstić information content (AvgIpc) is 2.88. The van der Waals surface area contributed by atoms with E-state index in [1.807, 2.05) is 0 Å². The van der Waals surface area contributed by atoms with Crippen molar-refractivity contribution in [3.05, 3.63) is 21.3 Å². The van der Waals surface area contributed by atoms with Gasteiger partial charge in [0.05, 0.1) is 5.56 Å². The van der Waals surface area contributed by atoms with Crippen molar-refractivity contribution in [1.29, 1.82) is 5.26 Å². The van der Waals surface area contributed by atoms with Crippen molar-refractivity contribution in [2.75, 3.05) is 31.1 Å². The Labute approximate surface area is 112 Å². The predicted octanol–water partition coefficient (Wildman–Crippen LogP) is 1.51. The third-order valence-corrected chi connectivity index (χ3v) is 4.12. The fraction of sp³-hybridized carbons (Fsp3) is 0.538. The maximum Gasteiger partial charge on any atom is 0.123 e. The van der Waals surface area contributed by atoms with Gasteiger partial charge in [0.2, 0.25) is 0 Å². The first-order chi connectivity index (χ1) is 8.81. The Morgan fingerprint density at radius 2 is 1.89 bits per heavy atom. The van der Waals surface area contributed by atoms with Gasteiger partial charge in [0, 0.05) is 26.2 Å². The smallest absolute Gasteiger partial charge is 0.123 e. The Bertz CT molecular complexity index is 564. The summed E-state index contributed by atoms with van der Waals surface area (Å²) < 4.78 is 0.603. The molecular weight excluding hydrogens is 244 g/mol. The second-order valence-corrected chi connectivity index (χ2v) is 5.25. The van der Waals surface area contributed by atoms with Gasteiger partial charge in [0.1, 0.15) is 16.5 Å². The highest BCUT2D eigenvalue weighted by atomic mass is 32.1. The van der Waals surface area contributed by atoms with Crippen LogP contribution >= 0.6 is 12.2 Å². The van der Waals surface area contributed by atoms with Gasteiger partial charge in [0.25, 0.3) is 0 Å². The van der Waals surface area contributed by atoms with Crippen molar-refractivity contribution < 1.29 is 0 Å². The summed E-state index contributed by atoms with van der Waals surface area (Å²) in [5, 5.41) is 12.6. The van der Waals surface area contributed by atoms with Crippen LogP contribution in [-0.4, -0.2) is 31.2 Å². The first-order valence-electron chi connectivity index (χ1n) is 6.45. The minimum absolute atomic E-state index is 0.603. The molecule has 2 aliphatic rings. The highest BCUT2D eigenvalue weighted by Crippen LogP contribution is 2.32. The van der Waals surface area contributed by atoms with Crippen molar-refractivity contribution >= 4 is 18.0 Å². The number of anilines is 1. The monoisotopic (exact) mass is 260 g/mol. The van der Waals surface area contributed by atoms with Gasteiger partial charge in [0.15, 0.2) is 0 Å². The SMILES string of the molecule is N#Cc1c2c(c(N3CCNCC3)[nH]c1=S)CCC2. The van der Waals surface area contributed by atoms with Crippen LogP contribution in [0.25, 0.3) is 0 Å². The lowest BCUT2D eigenvalue weighted by Crippen LogP contribution is -2.44. The molecule has 1 fully saturated rings. The standard InChI is InChI=1S/C13H16N4S/c14-8-11-9-2-1-3-10(9)12(16-13(11)18)17-6-4-15-5-7-17/h15H,1-7H2,(H,16,18). The van der Waals surface area contributed by atoms with E-state index in [-0.39, 0.29) is 0 Å². The largest absolute Gasteiger partial charge is 0.355 e. The molecule has 0 unspecified atom stereocenters. The molecule has 4 nitrogen and oxygen atoms in total. The molecule has 0 radical (unpaired) electrons. The minimum atomic E-state index is 0.603. The summed E-state index contributed by atoms with van der Waals surface area (Å²) in [6.07, 6.45) is 3.20. The second kappa shape index (κ2) is 4.71. The fourth-order valence-electron chi connectivity index (χ4n) is 2.94. The molecule has 1 aromatic heterocycles. The molecule has 94 valence electrons. The van der Waals surface area contributed by atoms with Gasteiger partial charge in [-0.05, 0) is 30.4 Å². The Hall–Kier alpha value is -1.38. The molecule has 0 spiro atoms. The molecule has 0 amide bonds. The number of nitrogens with one attached hydrogen (secondary N) is 2. The molecular formula is C13H16N4S. The van der Waals surface area contributed by atoms with Crippen LogP contribution in [-0.2, 0) is 12.8 Å². The van der Waals surface area contributed by atoms with Crippen molar-refractivity contribution in [3.63, 3.8) is 0 Å². The van der Waals surface area contributed by atoms with Gasteiger partial charge >= 0.3 is 0 Å². The number of pyridine rings is 1. The molecule has 1 aliphatic carbocycles. The van der Waals surface area contributed by atoms with E-state index in [1.165, 1.54) is 11.1 Å². The van der Waals surface area contributed by atoms with Crippen LogP contribution in [0.2, 0.25) is 0 Å². The lowest BCUT2D eigenvalue weighted by atomic mass is 10.1. The van der Waals surface area contributed by atoms with E-state index in [0.29, 0.717) is 10.2 Å². The second-order valence-electron chi connectivity index (χ2n) is 4.84. The van der Waals surface area contributed by atoms with E-state index in [1.54, 1.807) is 0 Å². The number of aromatic amines is 1. The quantitative estimate of drug-likeness (QED) is 0.752. The van der Waals surface area contributed by atoms with Crippen LogP contribution in [0.4, 0.5) is 5.82 Å². The van der Waals surface area contributed by atoms with Gasteiger partial charge in [-0.25, -0.2) is 0 Å². The van der Waals surface area contributed by atoms with Crippen LogP contribution < -0.4 is 10.2 Å². The fourth-order valence-corrected chi connectivity index (χ4v) is 3.21. The lowest BCUT2D eigenvalue weighted by Gasteiger charge is -2.30. The number of hydrogen-bond acceptors (Lipinski definition) is 4. The van der Waals surface area contributed by atoms with Gasteiger partial charge in [-0.3, -0.25) is 0 Å². The first kappa shape index (κ1) is 11.7. The Morgan fingerprint density at radius 1 is 1.17 bits per heavy atom. The number of H-pyrrole nitrogens is 1. The van der Waals surface area contributed by atoms with E-state index < -0.39 is 0 Å². The number of nitrogens with zero attached hydrogens (tertiary/aromatic N) is 2. The number of rotatable bonds is 1. The highest BCUT2D eigenvalue weighted by molar-refractivity contribution is 7.71. The van der Waals surface area contributed by atoms with E-state index in [2.05, 4.69) is 21.3 Å². The number of nitriles is 1. The molecule has 1 saturated heterocycles. The third-order valence-electron chi connectivity index (χ3n) is 3.81. The summed E-state index contributed by atoms with van der Waals surface area (Å²) in [5.41, 5.74) is 3.20. The first-order valence-corrected chi connectivity index (χ1v) is 6.86. The lowest BCUT2D eigenvalue weighted by molar-refractivity contribution is 0.583. The van der Waals surface area contributed by atoms with Crippen LogP contribution in [0, 0.1) is 16.0 Å². The number of aromatic nitrogens is 1. The Kier molecular flexibility index (Phi) is 3.06. The van der Waals surface area contributed by atoms with Crippen LogP contribution in [0.5, 0.6) is 0 Å². The molecule has 2 N–H and O–H groups in total. The Balaban J connectivity index is 2.11. The highest BCUT2D eigenvalue weighted by Gasteiger charge is 2.24.